The zero-order chi connectivity index (χ0) is 35.4. The molecular weight excluding hydrogens is 642 g/mol. The van der Waals surface area contributed by atoms with Crippen LogP contribution in [-0.2, 0) is 32.2 Å². The molecular formula is C42H55N3O6. The first-order valence-electron chi connectivity index (χ1n) is 19.1. The number of hydrogen-bond donors (Lipinski definition) is 3. The third kappa shape index (κ3) is 10.7. The van der Waals surface area contributed by atoms with Gasteiger partial charge < -0.3 is 29.9 Å². The smallest absolute Gasteiger partial charge is 0.303 e. The number of aliphatic hydroxyl groups excluding tert-OH is 1. The minimum absolute atomic E-state index is 0.0105. The standard InChI is InChI=1S/C42H55N3O6/c46-30-31-15-17-33(18-16-31)39-26-37(29-45-25-9-11-36(45)28-44-23-7-8-24-44)50-42(51-39)34-21-19-32(20-22-34)38-12-6-5-10-35(38)27-43-40(47)13-3-1-2-4-14-41(48)49/h5-6,10,12,15-22,36-37,39,42,46H,1-4,7-9,11,13-14,23-30H2,(H,43,47)(H,48,49)/t36-,37+,39-,42-/m0/s1. The molecule has 3 aromatic carbocycles. The molecule has 4 atom stereocenters. The summed E-state index contributed by atoms with van der Waals surface area (Å²) in [5, 5.41) is 21.5. The van der Waals surface area contributed by atoms with Crippen LogP contribution in [0.1, 0.15) is 105 Å². The number of hydrogen-bond acceptors (Lipinski definition) is 7. The van der Waals surface area contributed by atoms with Crippen molar-refractivity contribution in [2.45, 2.75) is 108 Å². The van der Waals surface area contributed by atoms with Gasteiger partial charge in [0.15, 0.2) is 6.29 Å². The summed E-state index contributed by atoms with van der Waals surface area (Å²) < 4.78 is 13.4. The Kier molecular flexibility index (Phi) is 13.7. The number of rotatable bonds is 17. The minimum Gasteiger partial charge on any atom is -0.481 e. The zero-order valence-electron chi connectivity index (χ0n) is 29.9. The number of likely N-dealkylation sites (tertiary alicyclic amines) is 2. The first-order valence-corrected chi connectivity index (χ1v) is 19.1. The van der Waals surface area contributed by atoms with Gasteiger partial charge in [-0.3, -0.25) is 14.5 Å². The van der Waals surface area contributed by atoms with Crippen molar-refractivity contribution < 1.29 is 29.3 Å². The highest BCUT2D eigenvalue weighted by atomic mass is 16.7. The summed E-state index contributed by atoms with van der Waals surface area (Å²) in [6.07, 6.45) is 9.02. The molecule has 3 N–H and O–H groups in total. The molecule has 3 aliphatic heterocycles. The molecule has 0 radical (unpaired) electrons. The Morgan fingerprint density at radius 1 is 0.784 bits per heavy atom. The molecule has 1 amide bonds. The maximum absolute atomic E-state index is 12.6. The molecule has 3 saturated heterocycles. The second-order valence-electron chi connectivity index (χ2n) is 14.5. The summed E-state index contributed by atoms with van der Waals surface area (Å²) in [5.74, 6) is -0.758. The highest BCUT2D eigenvalue weighted by Crippen LogP contribution is 2.39. The molecule has 0 aliphatic carbocycles. The fourth-order valence-corrected chi connectivity index (χ4v) is 7.87. The van der Waals surface area contributed by atoms with E-state index in [9.17, 15) is 14.7 Å². The van der Waals surface area contributed by atoms with Crippen LogP contribution >= 0.6 is 0 Å². The van der Waals surface area contributed by atoms with Crippen molar-refractivity contribution in [1.82, 2.24) is 15.1 Å². The van der Waals surface area contributed by atoms with E-state index in [0.717, 1.165) is 78.7 Å². The minimum atomic E-state index is -0.769. The van der Waals surface area contributed by atoms with Gasteiger partial charge in [0.1, 0.15) is 0 Å². The molecule has 0 aromatic heterocycles. The highest BCUT2D eigenvalue weighted by molar-refractivity contribution is 5.76. The van der Waals surface area contributed by atoms with E-state index >= 15 is 0 Å². The van der Waals surface area contributed by atoms with E-state index < -0.39 is 12.3 Å². The Bertz CT molecular complexity index is 1540. The molecule has 9 heteroatoms. The van der Waals surface area contributed by atoms with Crippen molar-refractivity contribution in [1.29, 1.82) is 0 Å². The summed E-state index contributed by atoms with van der Waals surface area (Å²) >= 11 is 0. The number of carbonyl (C=O) groups is 2. The lowest BCUT2D eigenvalue weighted by atomic mass is 9.97. The van der Waals surface area contributed by atoms with Crippen LogP contribution in [0.15, 0.2) is 72.8 Å². The van der Waals surface area contributed by atoms with Crippen LogP contribution < -0.4 is 5.32 Å². The molecule has 9 nitrogen and oxygen atoms in total. The topological polar surface area (TPSA) is 112 Å². The van der Waals surface area contributed by atoms with Crippen LogP contribution in [0.25, 0.3) is 11.1 Å². The van der Waals surface area contributed by atoms with Crippen molar-refractivity contribution in [2.24, 2.45) is 0 Å². The third-order valence-electron chi connectivity index (χ3n) is 10.8. The normalized spacial score (nSPS) is 22.7. The lowest BCUT2D eigenvalue weighted by Gasteiger charge is -2.39. The lowest BCUT2D eigenvalue weighted by molar-refractivity contribution is -0.253. The summed E-state index contributed by atoms with van der Waals surface area (Å²) in [4.78, 5) is 28.5. The van der Waals surface area contributed by atoms with E-state index in [1.54, 1.807) is 0 Å². The Balaban J connectivity index is 1.10. The fraction of sp³-hybridized carbons (Fsp3) is 0.524. The van der Waals surface area contributed by atoms with Gasteiger partial charge in [0, 0.05) is 50.5 Å². The molecule has 3 heterocycles. The maximum Gasteiger partial charge on any atom is 0.303 e. The van der Waals surface area contributed by atoms with Crippen molar-refractivity contribution >= 4 is 11.9 Å². The largest absolute Gasteiger partial charge is 0.481 e. The summed E-state index contributed by atoms with van der Waals surface area (Å²) in [7, 11) is 0. The molecule has 0 unspecified atom stereocenters. The number of carbonyl (C=O) groups excluding carboxylic acids is 1. The fourth-order valence-electron chi connectivity index (χ4n) is 7.87. The number of benzene rings is 3. The zero-order valence-corrected chi connectivity index (χ0v) is 29.9. The number of amides is 1. The van der Waals surface area contributed by atoms with Gasteiger partial charge in [-0.1, -0.05) is 85.6 Å². The Hall–Kier alpha value is -3.60. The molecule has 6 rings (SSSR count). The number of carboxylic acids is 1. The SMILES string of the molecule is O=C(O)CCCCCCC(=O)NCc1ccccc1-c1ccc([C@H]2O[C@@H](CN3CCC[C@H]3CN3CCCC3)C[C@@H](c3ccc(CO)cc3)O2)cc1. The van der Waals surface area contributed by atoms with E-state index in [4.69, 9.17) is 14.6 Å². The van der Waals surface area contributed by atoms with Gasteiger partial charge in [-0.05, 0) is 86.0 Å². The molecule has 3 aliphatic rings. The van der Waals surface area contributed by atoms with Gasteiger partial charge in [0.2, 0.25) is 5.91 Å². The van der Waals surface area contributed by atoms with E-state index in [1.165, 1.54) is 38.8 Å². The number of carboxylic acid groups (broad SMARTS) is 1. The van der Waals surface area contributed by atoms with Gasteiger partial charge >= 0.3 is 5.97 Å². The van der Waals surface area contributed by atoms with Crippen LogP contribution in [0.4, 0.5) is 0 Å². The third-order valence-corrected chi connectivity index (χ3v) is 10.8. The van der Waals surface area contributed by atoms with E-state index in [1.807, 2.05) is 24.3 Å². The van der Waals surface area contributed by atoms with Gasteiger partial charge in [-0.15, -0.1) is 0 Å². The van der Waals surface area contributed by atoms with Gasteiger partial charge in [0.25, 0.3) is 0 Å². The maximum atomic E-state index is 12.6. The van der Waals surface area contributed by atoms with Crippen LogP contribution in [0.2, 0.25) is 0 Å². The average molecular weight is 698 g/mol. The van der Waals surface area contributed by atoms with Crippen molar-refractivity contribution in [3.05, 3.63) is 95.1 Å². The van der Waals surface area contributed by atoms with Gasteiger partial charge in [0.05, 0.1) is 18.8 Å². The van der Waals surface area contributed by atoms with Gasteiger partial charge in [-0.25, -0.2) is 0 Å². The summed E-state index contributed by atoms with van der Waals surface area (Å²) in [5.41, 5.74) is 6.15. The Morgan fingerprint density at radius 2 is 1.51 bits per heavy atom. The molecule has 51 heavy (non-hydrogen) atoms. The first kappa shape index (κ1) is 37.2. The second-order valence-corrected chi connectivity index (χ2v) is 14.5. The molecule has 3 fully saturated rings. The highest BCUT2D eigenvalue weighted by Gasteiger charge is 2.36. The predicted molar refractivity (Wildman–Crippen MR) is 198 cm³/mol. The summed E-state index contributed by atoms with van der Waals surface area (Å²) in [6.45, 7) is 6.07. The Labute approximate surface area is 302 Å². The van der Waals surface area contributed by atoms with Crippen LogP contribution in [0, 0.1) is 0 Å². The number of ether oxygens (including phenoxy) is 2. The van der Waals surface area contributed by atoms with Crippen LogP contribution in [0.5, 0.6) is 0 Å². The Morgan fingerprint density at radius 3 is 2.25 bits per heavy atom. The van der Waals surface area contributed by atoms with E-state index in [-0.39, 0.29) is 31.1 Å². The number of aliphatic carboxylic acids is 1. The number of unbranched alkanes of at least 4 members (excludes halogenated alkanes) is 3. The molecule has 274 valence electrons. The number of nitrogens with zero attached hydrogens (tertiary/aromatic N) is 2. The second kappa shape index (κ2) is 18.8. The van der Waals surface area contributed by atoms with Crippen molar-refractivity contribution in [3.8, 4) is 11.1 Å². The average Bonchev–Trinajstić information content (AvgIpc) is 3.84. The first-order chi connectivity index (χ1) is 24.9. The molecule has 0 saturated carbocycles. The van der Waals surface area contributed by atoms with E-state index in [2.05, 4.69) is 63.6 Å². The van der Waals surface area contributed by atoms with Crippen LogP contribution in [-0.4, -0.2) is 76.8 Å². The van der Waals surface area contributed by atoms with Crippen molar-refractivity contribution in [3.63, 3.8) is 0 Å². The summed E-state index contributed by atoms with van der Waals surface area (Å²) in [6, 6.07) is 25.2. The predicted octanol–water partition coefficient (Wildman–Crippen LogP) is 6.99. The van der Waals surface area contributed by atoms with Gasteiger partial charge in [-0.2, -0.15) is 0 Å². The molecule has 0 bridgehead atoms. The van der Waals surface area contributed by atoms with E-state index in [0.29, 0.717) is 25.4 Å². The lowest BCUT2D eigenvalue weighted by Crippen LogP contribution is -2.45. The van der Waals surface area contributed by atoms with Crippen LogP contribution in [0.3, 0.4) is 0 Å². The molecule has 3 aromatic rings. The van der Waals surface area contributed by atoms with Crippen molar-refractivity contribution in [2.75, 3.05) is 32.7 Å². The monoisotopic (exact) mass is 697 g/mol. The number of aliphatic hydroxyl groups is 1. The number of nitrogens with one attached hydrogen (secondary N) is 1. The quantitative estimate of drug-likeness (QED) is 0.130. The molecule has 0 spiro atoms.